The molecule has 0 amide bonds. The van der Waals surface area contributed by atoms with Gasteiger partial charge in [0.25, 0.3) is 0 Å². The molecule has 180 valence electrons. The number of carbonyl (C=O) groups is 1. The normalized spacial score (nSPS) is 51.7. The van der Waals surface area contributed by atoms with Crippen molar-refractivity contribution < 1.29 is 24.5 Å². The van der Waals surface area contributed by atoms with Gasteiger partial charge in [-0.15, -0.1) is 11.3 Å². The third-order valence-electron chi connectivity index (χ3n) is 10.4. The molecular weight excluding hydrogens is 438 g/mol. The van der Waals surface area contributed by atoms with Crippen molar-refractivity contribution in [2.45, 2.75) is 89.8 Å². The lowest BCUT2D eigenvalue weighted by Crippen LogP contribution is -2.64. The minimum atomic E-state index is -0.919. The minimum absolute atomic E-state index is 0.0325. The molecule has 5 aliphatic rings. The van der Waals surface area contributed by atoms with E-state index in [1.807, 2.05) is 19.2 Å². The van der Waals surface area contributed by atoms with Crippen molar-refractivity contribution in [3.63, 3.8) is 0 Å². The maximum absolute atomic E-state index is 12.8. The predicted molar refractivity (Wildman–Crippen MR) is 123 cm³/mol. The highest BCUT2D eigenvalue weighted by Gasteiger charge is 2.71. The molecule has 0 radical (unpaired) electrons. The fraction of sp³-hybridized carbons (Fsp3) is 0.769. The summed E-state index contributed by atoms with van der Waals surface area (Å²) < 4.78 is 13.2. The van der Waals surface area contributed by atoms with E-state index in [-0.39, 0.29) is 46.6 Å². The number of ether oxygens (including phenoxy) is 2. The van der Waals surface area contributed by atoms with Crippen LogP contribution in [0.1, 0.15) is 71.2 Å². The SMILES string of the molecule is CC1(C)O[C@H]2[C@H](O1)[C@H]1CC(=O)/C(=C/O)C[C@]1(C)[C@H]1CC[C@@]3(C)[C@@H](CC[C@@]3(O)c3nccs3)[C@H]21. The highest BCUT2D eigenvalue weighted by Crippen LogP contribution is 2.71. The third-order valence-corrected chi connectivity index (χ3v) is 11.3. The summed E-state index contributed by atoms with van der Waals surface area (Å²) in [5.74, 6) is 0.279. The first-order valence-corrected chi connectivity index (χ1v) is 13.3. The number of aromatic nitrogens is 1. The van der Waals surface area contributed by atoms with Gasteiger partial charge < -0.3 is 19.7 Å². The van der Waals surface area contributed by atoms with Gasteiger partial charge in [0, 0.05) is 34.9 Å². The lowest BCUT2D eigenvalue weighted by atomic mass is 9.43. The lowest BCUT2D eigenvalue weighted by molar-refractivity contribution is -0.196. The number of rotatable bonds is 1. The fourth-order valence-electron chi connectivity index (χ4n) is 8.86. The molecule has 1 saturated heterocycles. The Morgan fingerprint density at radius 2 is 1.82 bits per heavy atom. The number of ketones is 1. The third kappa shape index (κ3) is 2.77. The number of aliphatic hydroxyl groups is 2. The second kappa shape index (κ2) is 6.90. The number of thiazole rings is 1. The van der Waals surface area contributed by atoms with Gasteiger partial charge in [0.2, 0.25) is 0 Å². The van der Waals surface area contributed by atoms with E-state index < -0.39 is 11.4 Å². The van der Waals surface area contributed by atoms with Crippen LogP contribution in [0.2, 0.25) is 0 Å². The number of allylic oxidation sites excluding steroid dienone is 1. The second-order valence-electron chi connectivity index (χ2n) is 12.1. The number of hydrogen-bond acceptors (Lipinski definition) is 7. The summed E-state index contributed by atoms with van der Waals surface area (Å²) in [6, 6.07) is 0. The molecule has 5 fully saturated rings. The first kappa shape index (κ1) is 22.2. The molecule has 7 heteroatoms. The van der Waals surface area contributed by atoms with Crippen molar-refractivity contribution in [2.75, 3.05) is 0 Å². The Hall–Kier alpha value is -1.28. The number of aliphatic hydroxyl groups excluding tert-OH is 1. The molecule has 33 heavy (non-hydrogen) atoms. The summed E-state index contributed by atoms with van der Waals surface area (Å²) in [6.45, 7) is 8.52. The zero-order valence-corrected chi connectivity index (χ0v) is 20.7. The number of nitrogens with zero attached hydrogens (tertiary/aromatic N) is 1. The molecular formula is C26H35NO5S. The number of carbonyl (C=O) groups excluding carboxylic acids is 1. The van der Waals surface area contributed by atoms with Crippen molar-refractivity contribution in [3.8, 4) is 0 Å². The average molecular weight is 474 g/mol. The molecule has 2 heterocycles. The Balaban J connectivity index is 1.45. The maximum atomic E-state index is 12.8. The summed E-state index contributed by atoms with van der Waals surface area (Å²) in [6.07, 6.45) is 7.12. The molecule has 0 aromatic carbocycles. The Kier molecular flexibility index (Phi) is 4.64. The molecule has 9 atom stereocenters. The Labute approximate surface area is 199 Å². The Morgan fingerprint density at radius 1 is 1.09 bits per heavy atom. The van der Waals surface area contributed by atoms with E-state index in [1.165, 1.54) is 0 Å². The smallest absolute Gasteiger partial charge is 0.163 e. The summed E-state index contributed by atoms with van der Waals surface area (Å²) in [5.41, 5.74) is -0.808. The van der Waals surface area contributed by atoms with E-state index in [0.717, 1.165) is 30.5 Å². The van der Waals surface area contributed by atoms with Gasteiger partial charge in [0.05, 0.1) is 18.5 Å². The molecule has 0 unspecified atom stereocenters. The van der Waals surface area contributed by atoms with Crippen molar-refractivity contribution in [1.82, 2.24) is 4.98 Å². The van der Waals surface area contributed by atoms with Gasteiger partial charge in [-0.3, -0.25) is 4.79 Å². The summed E-state index contributed by atoms with van der Waals surface area (Å²) in [7, 11) is 0. The number of Topliss-reactive ketones (excluding diaryl/α,β-unsaturated/α-hetero) is 1. The Morgan fingerprint density at radius 3 is 2.52 bits per heavy atom. The van der Waals surface area contributed by atoms with Gasteiger partial charge in [-0.2, -0.15) is 0 Å². The average Bonchev–Trinajstić information content (AvgIpc) is 3.46. The van der Waals surface area contributed by atoms with Gasteiger partial charge in [-0.1, -0.05) is 13.8 Å². The zero-order chi connectivity index (χ0) is 23.4. The summed E-state index contributed by atoms with van der Waals surface area (Å²) >= 11 is 1.55. The van der Waals surface area contributed by atoms with Crippen LogP contribution in [0.5, 0.6) is 0 Å². The van der Waals surface area contributed by atoms with Crippen LogP contribution < -0.4 is 0 Å². The topological polar surface area (TPSA) is 88.9 Å². The molecule has 4 saturated carbocycles. The fourth-order valence-corrected chi connectivity index (χ4v) is 9.77. The van der Waals surface area contributed by atoms with Crippen LogP contribution in [0.15, 0.2) is 23.4 Å². The van der Waals surface area contributed by atoms with E-state index in [2.05, 4.69) is 18.8 Å². The van der Waals surface area contributed by atoms with Crippen LogP contribution in [0.25, 0.3) is 0 Å². The zero-order valence-electron chi connectivity index (χ0n) is 19.9. The van der Waals surface area contributed by atoms with E-state index in [9.17, 15) is 15.0 Å². The number of hydrogen-bond donors (Lipinski definition) is 2. The van der Waals surface area contributed by atoms with E-state index in [0.29, 0.717) is 30.8 Å². The molecule has 1 aromatic rings. The highest BCUT2D eigenvalue weighted by molar-refractivity contribution is 7.09. The van der Waals surface area contributed by atoms with Crippen LogP contribution >= 0.6 is 11.3 Å². The van der Waals surface area contributed by atoms with Gasteiger partial charge in [-0.25, -0.2) is 4.98 Å². The van der Waals surface area contributed by atoms with Gasteiger partial charge in [0.15, 0.2) is 11.6 Å². The van der Waals surface area contributed by atoms with Crippen molar-refractivity contribution in [3.05, 3.63) is 28.4 Å². The molecule has 4 aliphatic carbocycles. The molecule has 6 nitrogen and oxygen atoms in total. The summed E-state index contributed by atoms with van der Waals surface area (Å²) in [5, 5.41) is 24.6. The summed E-state index contributed by atoms with van der Waals surface area (Å²) in [4.78, 5) is 17.4. The quantitative estimate of drug-likeness (QED) is 0.453. The van der Waals surface area contributed by atoms with Crippen molar-refractivity contribution in [1.29, 1.82) is 0 Å². The van der Waals surface area contributed by atoms with Crippen LogP contribution in [-0.2, 0) is 19.9 Å². The van der Waals surface area contributed by atoms with Crippen LogP contribution in [0.3, 0.4) is 0 Å². The lowest BCUT2D eigenvalue weighted by Gasteiger charge is -2.63. The first-order valence-electron chi connectivity index (χ1n) is 12.4. The van der Waals surface area contributed by atoms with Gasteiger partial charge >= 0.3 is 0 Å². The van der Waals surface area contributed by atoms with Gasteiger partial charge in [0.1, 0.15) is 10.6 Å². The van der Waals surface area contributed by atoms with Crippen LogP contribution in [-0.4, -0.2) is 39.0 Å². The van der Waals surface area contributed by atoms with Gasteiger partial charge in [-0.05, 0) is 69.1 Å². The molecule has 1 aromatic heterocycles. The van der Waals surface area contributed by atoms with E-state index >= 15 is 0 Å². The largest absolute Gasteiger partial charge is 0.515 e. The number of fused-ring (bicyclic) bond motifs is 8. The first-order chi connectivity index (χ1) is 15.5. The predicted octanol–water partition coefficient (Wildman–Crippen LogP) is 4.73. The standard InChI is InChI=1S/C26H35NO5S/c1-23(2)31-20-17-11-18(29)14(13-28)12-24(17,3)15-5-7-25(4)16(19(15)21(20)32-23)6-8-26(25,30)22-27-9-10-33-22/h9-10,13,15-17,19-21,28,30H,5-8,11-12H2,1-4H3/b14-13+/t15-,16-,17+,19+,20+,21+,24+,25-,26+/m0/s1. The van der Waals surface area contributed by atoms with Crippen molar-refractivity contribution in [2.24, 2.45) is 34.5 Å². The Bertz CT molecular complexity index is 1010. The second-order valence-corrected chi connectivity index (χ2v) is 13.0. The molecule has 1 aliphatic heterocycles. The molecule has 6 rings (SSSR count). The highest BCUT2D eigenvalue weighted by atomic mass is 32.1. The maximum Gasteiger partial charge on any atom is 0.163 e. The van der Waals surface area contributed by atoms with Crippen molar-refractivity contribution >= 4 is 17.1 Å². The monoisotopic (exact) mass is 473 g/mol. The van der Waals surface area contributed by atoms with E-state index in [4.69, 9.17) is 9.47 Å². The molecule has 0 bridgehead atoms. The molecule has 2 N–H and O–H groups in total. The van der Waals surface area contributed by atoms with Crippen LogP contribution in [0.4, 0.5) is 0 Å². The molecule has 0 spiro atoms. The van der Waals surface area contributed by atoms with Crippen LogP contribution in [0, 0.1) is 34.5 Å². The van der Waals surface area contributed by atoms with E-state index in [1.54, 1.807) is 17.5 Å². The minimum Gasteiger partial charge on any atom is -0.515 e.